The number of hydrogen-bond donors (Lipinski definition) is 1. The SMILES string of the molecule is CCNC(c1ccc(F)c(Br)c1)c1ccc(Cl)cc1Br. The fourth-order valence-electron chi connectivity index (χ4n) is 2.04. The lowest BCUT2D eigenvalue weighted by Gasteiger charge is -2.21. The summed E-state index contributed by atoms with van der Waals surface area (Å²) in [5.74, 6) is -0.265. The van der Waals surface area contributed by atoms with Crippen LogP contribution in [0.5, 0.6) is 0 Å². The number of benzene rings is 2. The Morgan fingerprint density at radius 3 is 2.50 bits per heavy atom. The van der Waals surface area contributed by atoms with Crippen LogP contribution in [0, 0.1) is 5.82 Å². The van der Waals surface area contributed by atoms with Crippen molar-refractivity contribution in [2.75, 3.05) is 6.54 Å². The van der Waals surface area contributed by atoms with Gasteiger partial charge in [0, 0.05) is 9.50 Å². The quantitative estimate of drug-likeness (QED) is 0.667. The minimum Gasteiger partial charge on any atom is -0.306 e. The molecule has 2 rings (SSSR count). The average Bonchev–Trinajstić information content (AvgIpc) is 2.40. The van der Waals surface area contributed by atoms with Crippen molar-refractivity contribution in [1.82, 2.24) is 5.32 Å². The van der Waals surface area contributed by atoms with Gasteiger partial charge in [-0.2, -0.15) is 0 Å². The van der Waals surface area contributed by atoms with Gasteiger partial charge < -0.3 is 5.32 Å². The standard InChI is InChI=1S/C15H13Br2ClFN/c1-2-20-15(9-3-6-14(19)13(17)7-9)11-5-4-10(18)8-12(11)16/h3-8,15,20H,2H2,1H3. The van der Waals surface area contributed by atoms with Crippen LogP contribution in [-0.2, 0) is 0 Å². The highest BCUT2D eigenvalue weighted by Crippen LogP contribution is 2.32. The number of rotatable bonds is 4. The summed E-state index contributed by atoms with van der Waals surface area (Å²) in [6.45, 7) is 2.84. The van der Waals surface area contributed by atoms with Gasteiger partial charge in [-0.3, -0.25) is 0 Å². The largest absolute Gasteiger partial charge is 0.306 e. The Kier molecular flexibility index (Phi) is 5.61. The van der Waals surface area contributed by atoms with Crippen molar-refractivity contribution in [2.24, 2.45) is 0 Å². The van der Waals surface area contributed by atoms with Crippen molar-refractivity contribution in [2.45, 2.75) is 13.0 Å². The number of halogens is 4. The zero-order valence-electron chi connectivity index (χ0n) is 10.8. The van der Waals surface area contributed by atoms with E-state index in [9.17, 15) is 4.39 Å². The first-order valence-corrected chi connectivity index (χ1v) is 8.12. The summed E-state index contributed by atoms with van der Waals surface area (Å²) in [4.78, 5) is 0. The van der Waals surface area contributed by atoms with Crippen LogP contribution in [0.3, 0.4) is 0 Å². The molecule has 0 radical (unpaired) electrons. The van der Waals surface area contributed by atoms with Crippen LogP contribution in [0.15, 0.2) is 45.3 Å². The van der Waals surface area contributed by atoms with E-state index in [1.54, 1.807) is 12.1 Å². The van der Waals surface area contributed by atoms with Crippen LogP contribution >= 0.6 is 43.5 Å². The lowest BCUT2D eigenvalue weighted by Crippen LogP contribution is -2.22. The molecule has 5 heteroatoms. The fraction of sp³-hybridized carbons (Fsp3) is 0.200. The van der Waals surface area contributed by atoms with Gasteiger partial charge in [0.15, 0.2) is 0 Å². The summed E-state index contributed by atoms with van der Waals surface area (Å²) in [6.07, 6.45) is 0. The molecule has 0 saturated carbocycles. The van der Waals surface area contributed by atoms with Crippen LogP contribution < -0.4 is 5.32 Å². The van der Waals surface area contributed by atoms with E-state index >= 15 is 0 Å². The smallest absolute Gasteiger partial charge is 0.137 e. The topological polar surface area (TPSA) is 12.0 Å². The first kappa shape index (κ1) is 16.0. The highest BCUT2D eigenvalue weighted by molar-refractivity contribution is 9.10. The van der Waals surface area contributed by atoms with Crippen molar-refractivity contribution in [3.8, 4) is 0 Å². The van der Waals surface area contributed by atoms with Gasteiger partial charge in [-0.15, -0.1) is 0 Å². The fourth-order valence-corrected chi connectivity index (χ4v) is 3.35. The van der Waals surface area contributed by atoms with Crippen molar-refractivity contribution < 1.29 is 4.39 Å². The van der Waals surface area contributed by atoms with E-state index in [2.05, 4.69) is 37.2 Å². The van der Waals surface area contributed by atoms with E-state index in [1.165, 1.54) is 6.07 Å². The molecule has 1 nitrogen and oxygen atoms in total. The van der Waals surface area contributed by atoms with Crippen molar-refractivity contribution in [3.05, 3.63) is 67.3 Å². The van der Waals surface area contributed by atoms with E-state index in [4.69, 9.17) is 11.6 Å². The van der Waals surface area contributed by atoms with Crippen molar-refractivity contribution in [1.29, 1.82) is 0 Å². The lowest BCUT2D eigenvalue weighted by molar-refractivity contribution is 0.607. The highest BCUT2D eigenvalue weighted by Gasteiger charge is 2.17. The summed E-state index contributed by atoms with van der Waals surface area (Å²) in [5.41, 5.74) is 2.05. The molecule has 0 amide bonds. The van der Waals surface area contributed by atoms with E-state index in [1.807, 2.05) is 25.1 Å². The van der Waals surface area contributed by atoms with Gasteiger partial charge in [-0.1, -0.05) is 46.6 Å². The molecule has 1 unspecified atom stereocenters. The molecule has 0 heterocycles. The van der Waals surface area contributed by atoms with Gasteiger partial charge in [0.25, 0.3) is 0 Å². The number of hydrogen-bond acceptors (Lipinski definition) is 1. The second kappa shape index (κ2) is 7.03. The molecule has 0 fully saturated rings. The third-order valence-electron chi connectivity index (χ3n) is 2.96. The first-order valence-electron chi connectivity index (χ1n) is 6.16. The molecule has 0 aliphatic rings. The zero-order chi connectivity index (χ0) is 14.7. The Morgan fingerprint density at radius 2 is 1.90 bits per heavy atom. The molecule has 0 bridgehead atoms. The molecule has 106 valence electrons. The summed E-state index contributed by atoms with van der Waals surface area (Å²) in [5, 5.41) is 4.08. The summed E-state index contributed by atoms with van der Waals surface area (Å²) in [6, 6.07) is 10.7. The predicted molar refractivity (Wildman–Crippen MR) is 88.8 cm³/mol. The van der Waals surface area contributed by atoms with Gasteiger partial charge in [0.2, 0.25) is 0 Å². The Labute approximate surface area is 139 Å². The van der Waals surface area contributed by atoms with Gasteiger partial charge in [-0.05, 0) is 57.9 Å². The van der Waals surface area contributed by atoms with Gasteiger partial charge in [0.05, 0.1) is 10.5 Å². The van der Waals surface area contributed by atoms with Gasteiger partial charge in [0.1, 0.15) is 5.82 Å². The normalized spacial score (nSPS) is 12.4. The summed E-state index contributed by atoms with van der Waals surface area (Å²) < 4.78 is 14.8. The molecule has 20 heavy (non-hydrogen) atoms. The minimum atomic E-state index is -0.265. The van der Waals surface area contributed by atoms with E-state index < -0.39 is 0 Å². The van der Waals surface area contributed by atoms with E-state index in [-0.39, 0.29) is 11.9 Å². The minimum absolute atomic E-state index is 0.0245. The Balaban J connectivity index is 2.47. The zero-order valence-corrected chi connectivity index (χ0v) is 14.7. The third-order valence-corrected chi connectivity index (χ3v) is 4.49. The molecular weight excluding hydrogens is 408 g/mol. The molecule has 1 atom stereocenters. The molecule has 0 aromatic heterocycles. The molecule has 0 spiro atoms. The van der Waals surface area contributed by atoms with Crippen LogP contribution in [0.1, 0.15) is 24.1 Å². The maximum atomic E-state index is 13.4. The second-order valence-electron chi connectivity index (χ2n) is 4.33. The molecule has 2 aromatic carbocycles. The Bertz CT molecular complexity index is 619. The second-order valence-corrected chi connectivity index (χ2v) is 6.48. The van der Waals surface area contributed by atoms with Crippen LogP contribution in [0.4, 0.5) is 4.39 Å². The predicted octanol–water partition coefficient (Wildman–Crippen LogP) is 5.70. The molecule has 0 aliphatic heterocycles. The highest BCUT2D eigenvalue weighted by atomic mass is 79.9. The Morgan fingerprint density at radius 1 is 1.15 bits per heavy atom. The lowest BCUT2D eigenvalue weighted by atomic mass is 9.98. The summed E-state index contributed by atoms with van der Waals surface area (Å²) >= 11 is 12.8. The monoisotopic (exact) mass is 419 g/mol. The van der Waals surface area contributed by atoms with Crippen LogP contribution in [0.2, 0.25) is 5.02 Å². The maximum absolute atomic E-state index is 13.4. The third kappa shape index (κ3) is 3.61. The first-order chi connectivity index (χ1) is 9.52. The summed E-state index contributed by atoms with van der Waals surface area (Å²) in [7, 11) is 0. The Hall–Kier alpha value is -0.420. The van der Waals surface area contributed by atoms with E-state index in [0.29, 0.717) is 9.50 Å². The van der Waals surface area contributed by atoms with Crippen molar-refractivity contribution in [3.63, 3.8) is 0 Å². The van der Waals surface area contributed by atoms with Crippen LogP contribution in [0.25, 0.3) is 0 Å². The molecule has 1 N–H and O–H groups in total. The van der Waals surface area contributed by atoms with Crippen molar-refractivity contribution >= 4 is 43.5 Å². The van der Waals surface area contributed by atoms with Gasteiger partial charge in [-0.25, -0.2) is 4.39 Å². The maximum Gasteiger partial charge on any atom is 0.137 e. The molecule has 0 saturated heterocycles. The molecular formula is C15H13Br2ClFN. The van der Waals surface area contributed by atoms with Crippen LogP contribution in [-0.4, -0.2) is 6.54 Å². The molecule has 2 aromatic rings. The van der Waals surface area contributed by atoms with E-state index in [0.717, 1.165) is 22.1 Å². The van der Waals surface area contributed by atoms with Gasteiger partial charge >= 0.3 is 0 Å². The average molecular weight is 422 g/mol. The number of nitrogens with one attached hydrogen (secondary N) is 1. The molecule has 0 aliphatic carbocycles.